The molecule has 1 saturated carbocycles. The van der Waals surface area contributed by atoms with Crippen molar-refractivity contribution >= 4 is 34.1 Å². The molecular weight excluding hydrogens is 406 g/mol. The summed E-state index contributed by atoms with van der Waals surface area (Å²) in [4.78, 5) is 17.1. The van der Waals surface area contributed by atoms with Crippen LogP contribution in [-0.2, 0) is 5.41 Å². The first-order chi connectivity index (χ1) is 14.8. The number of carbonyl (C=O) groups excluding carboxylic acids is 1. The van der Waals surface area contributed by atoms with Gasteiger partial charge in [0.05, 0.1) is 5.52 Å². The molecule has 31 heavy (non-hydrogen) atoms. The number of nitrogens with zero attached hydrogens (tertiary/aromatic N) is 1. The Hall–Kier alpha value is -2.59. The van der Waals surface area contributed by atoms with Gasteiger partial charge in [-0.3, -0.25) is 9.78 Å². The lowest BCUT2D eigenvalue weighted by Gasteiger charge is -2.30. The molecule has 1 heterocycles. The molecule has 0 radical (unpaired) electrons. The van der Waals surface area contributed by atoms with E-state index in [2.05, 4.69) is 48.5 Å². The Morgan fingerprint density at radius 3 is 2.32 bits per heavy atom. The third kappa shape index (κ3) is 5.19. The number of anilines is 1. The van der Waals surface area contributed by atoms with Crippen LogP contribution in [0, 0.1) is 0 Å². The molecule has 162 valence electrons. The van der Waals surface area contributed by atoms with Crippen molar-refractivity contribution < 1.29 is 4.79 Å². The highest BCUT2D eigenvalue weighted by Crippen LogP contribution is 2.28. The number of hydrogen-bond acceptors (Lipinski definition) is 3. The van der Waals surface area contributed by atoms with Crippen LogP contribution in [0.4, 0.5) is 5.69 Å². The van der Waals surface area contributed by atoms with Crippen LogP contribution in [0.2, 0.25) is 5.02 Å². The molecular formula is C26H30ClN3O. The molecule has 0 spiro atoms. The van der Waals surface area contributed by atoms with E-state index in [0.29, 0.717) is 11.1 Å². The van der Waals surface area contributed by atoms with E-state index in [4.69, 9.17) is 11.6 Å². The van der Waals surface area contributed by atoms with Gasteiger partial charge in [0.2, 0.25) is 0 Å². The molecule has 2 aromatic carbocycles. The second-order valence-electron chi connectivity index (χ2n) is 9.51. The van der Waals surface area contributed by atoms with Gasteiger partial charge < -0.3 is 10.6 Å². The van der Waals surface area contributed by atoms with Gasteiger partial charge >= 0.3 is 0 Å². The molecule has 3 aromatic rings. The fourth-order valence-electron chi connectivity index (χ4n) is 4.24. The third-order valence-corrected chi connectivity index (χ3v) is 6.38. The maximum Gasteiger partial charge on any atom is 0.251 e. The number of amides is 1. The number of fused-ring (bicyclic) bond motifs is 1. The molecule has 1 aliphatic carbocycles. The Kier molecular flexibility index (Phi) is 6.19. The van der Waals surface area contributed by atoms with Crippen LogP contribution >= 0.6 is 11.6 Å². The molecule has 1 aromatic heterocycles. The maximum absolute atomic E-state index is 12.7. The highest BCUT2D eigenvalue weighted by atomic mass is 35.5. The van der Waals surface area contributed by atoms with Gasteiger partial charge in [-0.1, -0.05) is 44.5 Å². The molecule has 0 unspecified atom stereocenters. The summed E-state index contributed by atoms with van der Waals surface area (Å²) in [6.07, 6.45) is 5.80. The Bertz CT molecular complexity index is 1060. The van der Waals surface area contributed by atoms with Crippen LogP contribution in [-0.4, -0.2) is 23.0 Å². The first-order valence-corrected chi connectivity index (χ1v) is 11.4. The summed E-state index contributed by atoms with van der Waals surface area (Å²) in [5.41, 5.74) is 4.05. The number of pyridine rings is 1. The summed E-state index contributed by atoms with van der Waals surface area (Å²) >= 11 is 6.10. The minimum atomic E-state index is 0.0221. The Balaban J connectivity index is 1.32. The second kappa shape index (κ2) is 8.88. The van der Waals surface area contributed by atoms with Crippen molar-refractivity contribution in [1.82, 2.24) is 10.3 Å². The van der Waals surface area contributed by atoms with E-state index in [-0.39, 0.29) is 17.4 Å². The minimum Gasteiger partial charge on any atom is -0.382 e. The summed E-state index contributed by atoms with van der Waals surface area (Å²) in [7, 11) is 0. The highest BCUT2D eigenvalue weighted by Gasteiger charge is 2.23. The number of nitrogens with one attached hydrogen (secondary N) is 2. The van der Waals surface area contributed by atoms with E-state index >= 15 is 0 Å². The van der Waals surface area contributed by atoms with E-state index in [1.54, 1.807) is 0 Å². The molecule has 1 aliphatic rings. The van der Waals surface area contributed by atoms with Crippen molar-refractivity contribution in [1.29, 1.82) is 0 Å². The topological polar surface area (TPSA) is 54.0 Å². The fourth-order valence-corrected chi connectivity index (χ4v) is 4.41. The third-order valence-electron chi connectivity index (χ3n) is 6.14. The normalized spacial score (nSPS) is 19.2. The smallest absolute Gasteiger partial charge is 0.251 e. The SMILES string of the molecule is CC(C)(C)c1ccc(C(=O)NC2CCC(Nc3ccnc4cc(Cl)ccc34)CC2)cc1. The quantitative estimate of drug-likeness (QED) is 0.502. The zero-order valence-electron chi connectivity index (χ0n) is 18.4. The molecule has 5 heteroatoms. The second-order valence-corrected chi connectivity index (χ2v) is 9.95. The summed E-state index contributed by atoms with van der Waals surface area (Å²) < 4.78 is 0. The molecule has 0 saturated heterocycles. The predicted octanol–water partition coefficient (Wildman–Crippen LogP) is 6.34. The first kappa shape index (κ1) is 21.6. The van der Waals surface area contributed by atoms with Crippen molar-refractivity contribution in [2.75, 3.05) is 5.32 Å². The summed E-state index contributed by atoms with van der Waals surface area (Å²) in [5, 5.41) is 8.68. The summed E-state index contributed by atoms with van der Waals surface area (Å²) in [5.74, 6) is 0.0221. The molecule has 0 aliphatic heterocycles. The van der Waals surface area contributed by atoms with Crippen LogP contribution < -0.4 is 10.6 Å². The van der Waals surface area contributed by atoms with Gasteiger partial charge in [-0.05, 0) is 73.1 Å². The van der Waals surface area contributed by atoms with E-state index in [0.717, 1.165) is 47.8 Å². The Labute approximate surface area is 189 Å². The lowest BCUT2D eigenvalue weighted by Crippen LogP contribution is -2.40. The standard InChI is InChI=1S/C26H30ClN3O/c1-26(2,3)18-6-4-17(5-7-18)25(31)30-21-11-9-20(10-12-21)29-23-14-15-28-24-16-19(27)8-13-22(23)24/h4-8,13-16,20-21H,9-12H2,1-3H3,(H,28,29)(H,30,31). The van der Waals surface area contributed by atoms with E-state index in [9.17, 15) is 4.79 Å². The first-order valence-electron chi connectivity index (χ1n) is 11.0. The van der Waals surface area contributed by atoms with Crippen LogP contribution in [0.3, 0.4) is 0 Å². The summed E-state index contributed by atoms with van der Waals surface area (Å²) in [6, 6.07) is 16.4. The average molecular weight is 436 g/mol. The number of aromatic nitrogens is 1. The molecule has 0 bridgehead atoms. The predicted molar refractivity (Wildman–Crippen MR) is 129 cm³/mol. The number of benzene rings is 2. The van der Waals surface area contributed by atoms with Crippen LogP contribution in [0.15, 0.2) is 54.7 Å². The lowest BCUT2D eigenvalue weighted by atomic mass is 9.86. The monoisotopic (exact) mass is 435 g/mol. The van der Waals surface area contributed by atoms with Crippen molar-refractivity contribution in [3.05, 3.63) is 70.9 Å². The van der Waals surface area contributed by atoms with E-state index < -0.39 is 0 Å². The number of carbonyl (C=O) groups is 1. The van der Waals surface area contributed by atoms with Gasteiger partial charge in [-0.15, -0.1) is 0 Å². The Morgan fingerprint density at radius 1 is 0.968 bits per heavy atom. The van der Waals surface area contributed by atoms with Gasteiger partial charge in [-0.25, -0.2) is 0 Å². The van der Waals surface area contributed by atoms with E-state index in [1.165, 1.54) is 5.56 Å². The molecule has 1 fully saturated rings. The van der Waals surface area contributed by atoms with Crippen molar-refractivity contribution in [2.45, 2.75) is 64.0 Å². The molecule has 0 atom stereocenters. The van der Waals surface area contributed by atoms with Crippen molar-refractivity contribution in [3.63, 3.8) is 0 Å². The van der Waals surface area contributed by atoms with Crippen LogP contribution in [0.1, 0.15) is 62.4 Å². The van der Waals surface area contributed by atoms with Gasteiger partial charge in [-0.2, -0.15) is 0 Å². The molecule has 2 N–H and O–H groups in total. The van der Waals surface area contributed by atoms with Crippen LogP contribution in [0.5, 0.6) is 0 Å². The molecule has 1 amide bonds. The zero-order valence-corrected chi connectivity index (χ0v) is 19.2. The number of halogens is 1. The highest BCUT2D eigenvalue weighted by molar-refractivity contribution is 6.31. The molecule has 4 rings (SSSR count). The molecule has 4 nitrogen and oxygen atoms in total. The number of hydrogen-bond donors (Lipinski definition) is 2. The minimum absolute atomic E-state index is 0.0221. The van der Waals surface area contributed by atoms with Crippen LogP contribution in [0.25, 0.3) is 10.9 Å². The van der Waals surface area contributed by atoms with E-state index in [1.807, 2.05) is 42.6 Å². The van der Waals surface area contributed by atoms with Gasteiger partial charge in [0, 0.05) is 39.9 Å². The summed E-state index contributed by atoms with van der Waals surface area (Å²) in [6.45, 7) is 6.54. The number of rotatable bonds is 4. The lowest BCUT2D eigenvalue weighted by molar-refractivity contribution is 0.0926. The van der Waals surface area contributed by atoms with Crippen molar-refractivity contribution in [3.8, 4) is 0 Å². The Morgan fingerprint density at radius 2 is 1.65 bits per heavy atom. The van der Waals surface area contributed by atoms with Gasteiger partial charge in [0.1, 0.15) is 0 Å². The largest absolute Gasteiger partial charge is 0.382 e. The fraction of sp³-hybridized carbons (Fsp3) is 0.385. The average Bonchev–Trinajstić information content (AvgIpc) is 2.74. The maximum atomic E-state index is 12.7. The van der Waals surface area contributed by atoms with Gasteiger partial charge in [0.15, 0.2) is 0 Å². The van der Waals surface area contributed by atoms with Crippen molar-refractivity contribution in [2.24, 2.45) is 0 Å². The zero-order chi connectivity index (χ0) is 22.0. The van der Waals surface area contributed by atoms with Gasteiger partial charge in [0.25, 0.3) is 5.91 Å².